The second kappa shape index (κ2) is 5.27. The van der Waals surface area contributed by atoms with E-state index in [0.29, 0.717) is 11.7 Å². The Balaban J connectivity index is 2.27. The highest BCUT2D eigenvalue weighted by molar-refractivity contribution is 5.70. The maximum Gasteiger partial charge on any atom is 0.167 e. The number of nitrogens with zero attached hydrogens (tertiary/aromatic N) is 1. The minimum atomic E-state index is -0.401. The molecule has 106 valence electrons. The Morgan fingerprint density at radius 2 is 1.95 bits per heavy atom. The number of benzene rings is 1. The van der Waals surface area contributed by atoms with Crippen LogP contribution in [-0.2, 0) is 0 Å². The Labute approximate surface area is 114 Å². The summed E-state index contributed by atoms with van der Waals surface area (Å²) in [5.74, 6) is 0.598. The van der Waals surface area contributed by atoms with Crippen LogP contribution in [0.3, 0.4) is 0 Å². The average Bonchev–Trinajstić information content (AvgIpc) is 3.14. The number of hydrogen-bond donors (Lipinski definition) is 1. The summed E-state index contributed by atoms with van der Waals surface area (Å²) in [5, 5.41) is 0. The van der Waals surface area contributed by atoms with E-state index in [1.165, 1.54) is 18.9 Å². The van der Waals surface area contributed by atoms with Gasteiger partial charge in [0.05, 0.1) is 17.5 Å². The molecule has 4 heteroatoms. The number of rotatable bonds is 5. The zero-order valence-electron chi connectivity index (χ0n) is 12.1. The number of anilines is 2. The largest absolute Gasteiger partial charge is 0.488 e. The molecule has 1 aromatic carbocycles. The molecule has 0 heterocycles. The van der Waals surface area contributed by atoms with Crippen LogP contribution in [0.25, 0.3) is 0 Å². The third-order valence-electron chi connectivity index (χ3n) is 3.74. The Kier molecular flexibility index (Phi) is 3.88. The number of nitrogens with two attached hydrogens (primary N) is 1. The number of nitrogen functional groups attached to an aromatic ring is 1. The van der Waals surface area contributed by atoms with Crippen LogP contribution in [0, 0.1) is 11.7 Å². The predicted octanol–water partition coefficient (Wildman–Crippen LogP) is 3.43. The molecule has 1 saturated carbocycles. The third-order valence-corrected chi connectivity index (χ3v) is 3.74. The lowest BCUT2D eigenvalue weighted by Gasteiger charge is -2.29. The van der Waals surface area contributed by atoms with Gasteiger partial charge in [-0.2, -0.15) is 0 Å². The summed E-state index contributed by atoms with van der Waals surface area (Å²) in [4.78, 5) is 2.12. The molecule has 1 fully saturated rings. The lowest BCUT2D eigenvalue weighted by molar-refractivity contribution is 0.231. The van der Waals surface area contributed by atoms with E-state index in [2.05, 4.69) is 11.8 Å². The van der Waals surface area contributed by atoms with E-state index in [4.69, 9.17) is 10.5 Å². The molecular formula is C15H23FN2O. The Hall–Kier alpha value is -1.45. The summed E-state index contributed by atoms with van der Waals surface area (Å²) in [6.07, 6.45) is 2.47. The van der Waals surface area contributed by atoms with Crippen LogP contribution in [0.15, 0.2) is 12.1 Å². The maximum atomic E-state index is 13.8. The van der Waals surface area contributed by atoms with E-state index in [1.54, 1.807) is 6.07 Å². The molecule has 1 aliphatic rings. The van der Waals surface area contributed by atoms with Gasteiger partial charge >= 0.3 is 0 Å². The van der Waals surface area contributed by atoms with Crippen LogP contribution in [0.5, 0.6) is 5.75 Å². The fraction of sp³-hybridized carbons (Fsp3) is 0.600. The molecule has 1 atom stereocenters. The topological polar surface area (TPSA) is 38.5 Å². The number of hydrogen-bond acceptors (Lipinski definition) is 3. The van der Waals surface area contributed by atoms with E-state index in [-0.39, 0.29) is 11.9 Å². The Bertz CT molecular complexity index is 458. The SMILES string of the molecule is CC(C)Oc1cc(N(C)C(C)C2CC2)c(N)cc1F. The first-order chi connectivity index (χ1) is 8.90. The molecule has 1 unspecified atom stereocenters. The van der Waals surface area contributed by atoms with Crippen molar-refractivity contribution in [3.8, 4) is 5.75 Å². The van der Waals surface area contributed by atoms with Gasteiger partial charge in [0, 0.05) is 25.2 Å². The zero-order valence-corrected chi connectivity index (χ0v) is 12.1. The van der Waals surface area contributed by atoms with Gasteiger partial charge in [-0.1, -0.05) is 0 Å². The molecule has 1 aliphatic carbocycles. The second-order valence-electron chi connectivity index (χ2n) is 5.70. The lowest BCUT2D eigenvalue weighted by atomic mass is 10.1. The van der Waals surface area contributed by atoms with E-state index in [9.17, 15) is 4.39 Å². The average molecular weight is 266 g/mol. The molecule has 0 saturated heterocycles. The third kappa shape index (κ3) is 3.11. The van der Waals surface area contributed by atoms with Crippen molar-refractivity contribution < 1.29 is 9.13 Å². The van der Waals surface area contributed by atoms with Gasteiger partial charge in [-0.05, 0) is 39.5 Å². The summed E-state index contributed by atoms with van der Waals surface area (Å²) in [6, 6.07) is 3.48. The quantitative estimate of drug-likeness (QED) is 0.830. The normalized spacial score (nSPS) is 16.5. The zero-order chi connectivity index (χ0) is 14.2. The van der Waals surface area contributed by atoms with Crippen molar-refractivity contribution in [1.82, 2.24) is 0 Å². The molecule has 0 amide bonds. The molecule has 3 nitrogen and oxygen atoms in total. The first-order valence-corrected chi connectivity index (χ1v) is 6.88. The van der Waals surface area contributed by atoms with Crippen molar-refractivity contribution in [2.75, 3.05) is 17.7 Å². The Morgan fingerprint density at radius 1 is 1.32 bits per heavy atom. The highest BCUT2D eigenvalue weighted by Crippen LogP contribution is 2.39. The van der Waals surface area contributed by atoms with Gasteiger partial charge in [0.25, 0.3) is 0 Å². The van der Waals surface area contributed by atoms with Crippen molar-refractivity contribution in [2.24, 2.45) is 5.92 Å². The highest BCUT2D eigenvalue weighted by atomic mass is 19.1. The minimum Gasteiger partial charge on any atom is -0.488 e. The van der Waals surface area contributed by atoms with E-state index >= 15 is 0 Å². The van der Waals surface area contributed by atoms with Gasteiger partial charge in [0.2, 0.25) is 0 Å². The fourth-order valence-corrected chi connectivity index (χ4v) is 2.32. The molecule has 0 bridgehead atoms. The van der Waals surface area contributed by atoms with Crippen LogP contribution in [-0.4, -0.2) is 19.2 Å². The molecule has 2 N–H and O–H groups in total. The summed E-state index contributed by atoms with van der Waals surface area (Å²) < 4.78 is 19.3. The van der Waals surface area contributed by atoms with Crippen molar-refractivity contribution in [1.29, 1.82) is 0 Å². The molecule has 0 aliphatic heterocycles. The predicted molar refractivity (Wildman–Crippen MR) is 77.2 cm³/mol. The molecule has 0 aromatic heterocycles. The number of halogens is 1. The van der Waals surface area contributed by atoms with Gasteiger partial charge in [0.15, 0.2) is 11.6 Å². The first kappa shape index (κ1) is 14.0. The lowest BCUT2D eigenvalue weighted by Crippen LogP contribution is -2.31. The van der Waals surface area contributed by atoms with Crippen LogP contribution < -0.4 is 15.4 Å². The van der Waals surface area contributed by atoms with Crippen molar-refractivity contribution >= 4 is 11.4 Å². The van der Waals surface area contributed by atoms with Crippen LogP contribution in [0.4, 0.5) is 15.8 Å². The second-order valence-corrected chi connectivity index (χ2v) is 5.70. The maximum absolute atomic E-state index is 13.8. The smallest absolute Gasteiger partial charge is 0.167 e. The van der Waals surface area contributed by atoms with Crippen LogP contribution in [0.2, 0.25) is 0 Å². The summed E-state index contributed by atoms with van der Waals surface area (Å²) in [6.45, 7) is 5.95. The van der Waals surface area contributed by atoms with Gasteiger partial charge in [-0.25, -0.2) is 4.39 Å². The molecule has 2 rings (SSSR count). The van der Waals surface area contributed by atoms with E-state index in [0.717, 1.165) is 11.6 Å². The van der Waals surface area contributed by atoms with Gasteiger partial charge < -0.3 is 15.4 Å². The van der Waals surface area contributed by atoms with Crippen molar-refractivity contribution in [2.45, 2.75) is 45.8 Å². The summed E-state index contributed by atoms with van der Waals surface area (Å²) in [5.41, 5.74) is 7.25. The molecule has 0 radical (unpaired) electrons. The highest BCUT2D eigenvalue weighted by Gasteiger charge is 2.31. The molecule has 1 aromatic rings. The van der Waals surface area contributed by atoms with Crippen LogP contribution in [0.1, 0.15) is 33.6 Å². The van der Waals surface area contributed by atoms with Crippen molar-refractivity contribution in [3.05, 3.63) is 17.9 Å². The van der Waals surface area contributed by atoms with E-state index in [1.807, 2.05) is 20.9 Å². The standard InChI is InChI=1S/C15H23FN2O/c1-9(2)19-15-8-14(13(17)7-12(15)16)18(4)10(3)11-5-6-11/h7-11H,5-6,17H2,1-4H3. The Morgan fingerprint density at radius 3 is 2.47 bits per heavy atom. The van der Waals surface area contributed by atoms with E-state index < -0.39 is 5.82 Å². The molecule has 19 heavy (non-hydrogen) atoms. The first-order valence-electron chi connectivity index (χ1n) is 6.88. The number of ether oxygens (including phenoxy) is 1. The van der Waals surface area contributed by atoms with Gasteiger partial charge in [0.1, 0.15) is 0 Å². The summed E-state index contributed by atoms with van der Waals surface area (Å²) >= 11 is 0. The van der Waals surface area contributed by atoms with Crippen molar-refractivity contribution in [3.63, 3.8) is 0 Å². The van der Waals surface area contributed by atoms with Gasteiger partial charge in [-0.3, -0.25) is 0 Å². The molecular weight excluding hydrogens is 243 g/mol. The molecule has 0 spiro atoms. The van der Waals surface area contributed by atoms with Crippen LogP contribution >= 0.6 is 0 Å². The minimum absolute atomic E-state index is 0.0582. The monoisotopic (exact) mass is 266 g/mol. The summed E-state index contributed by atoms with van der Waals surface area (Å²) in [7, 11) is 2.01. The fourth-order valence-electron chi connectivity index (χ4n) is 2.32. The van der Waals surface area contributed by atoms with Gasteiger partial charge in [-0.15, -0.1) is 0 Å².